The molecule has 4 heteroatoms. The van der Waals surface area contributed by atoms with Gasteiger partial charge >= 0.3 is 0 Å². The lowest BCUT2D eigenvalue weighted by atomic mass is 9.99. The number of carbonyl (C=O) groups is 1. The van der Waals surface area contributed by atoms with Crippen molar-refractivity contribution < 1.29 is 9.53 Å². The number of nitrogens with one attached hydrogen (secondary N) is 1. The molecule has 0 unspecified atom stereocenters. The van der Waals surface area contributed by atoms with Crippen molar-refractivity contribution in [3.8, 4) is 5.75 Å². The van der Waals surface area contributed by atoms with Crippen molar-refractivity contribution in [1.29, 1.82) is 0 Å². The number of rotatable bonds is 6. The van der Waals surface area contributed by atoms with Gasteiger partial charge in [-0.25, -0.2) is 0 Å². The summed E-state index contributed by atoms with van der Waals surface area (Å²) in [7, 11) is 0. The highest BCUT2D eigenvalue weighted by atomic mass is 16.5. The minimum absolute atomic E-state index is 0.0905. The van der Waals surface area contributed by atoms with Crippen LogP contribution in [0.1, 0.15) is 42.6 Å². The largest absolute Gasteiger partial charge is 0.494 e. The Morgan fingerprint density at radius 1 is 1.15 bits per heavy atom. The van der Waals surface area contributed by atoms with E-state index in [-0.39, 0.29) is 5.91 Å². The number of benzene rings is 2. The van der Waals surface area contributed by atoms with Crippen LogP contribution in [0.15, 0.2) is 48.5 Å². The smallest absolute Gasteiger partial charge is 0.255 e. The van der Waals surface area contributed by atoms with Crippen LogP contribution in [0, 0.1) is 5.92 Å². The average molecular weight is 352 g/mol. The Bertz CT molecular complexity index is 710. The van der Waals surface area contributed by atoms with Crippen molar-refractivity contribution >= 4 is 11.6 Å². The summed E-state index contributed by atoms with van der Waals surface area (Å²) in [5, 5.41) is 2.93. The van der Waals surface area contributed by atoms with Gasteiger partial charge in [0.25, 0.3) is 5.91 Å². The Kier molecular flexibility index (Phi) is 6.29. The number of hydrogen-bond donors (Lipinski definition) is 1. The van der Waals surface area contributed by atoms with Crippen molar-refractivity contribution in [2.45, 2.75) is 33.2 Å². The zero-order chi connectivity index (χ0) is 18.4. The van der Waals surface area contributed by atoms with Crippen molar-refractivity contribution in [3.05, 3.63) is 59.7 Å². The van der Waals surface area contributed by atoms with Crippen LogP contribution in [0.4, 0.5) is 5.69 Å². The van der Waals surface area contributed by atoms with E-state index in [0.29, 0.717) is 12.2 Å². The van der Waals surface area contributed by atoms with Gasteiger partial charge in [0.2, 0.25) is 0 Å². The first kappa shape index (κ1) is 18.5. The van der Waals surface area contributed by atoms with Gasteiger partial charge in [-0.15, -0.1) is 0 Å². The Balaban J connectivity index is 1.56. The summed E-state index contributed by atoms with van der Waals surface area (Å²) in [4.78, 5) is 14.9. The van der Waals surface area contributed by atoms with Crippen molar-refractivity contribution in [1.82, 2.24) is 4.90 Å². The Hall–Kier alpha value is -2.33. The number of carbonyl (C=O) groups excluding carboxylic acids is 1. The van der Waals surface area contributed by atoms with Crippen molar-refractivity contribution in [2.75, 3.05) is 25.0 Å². The molecule has 0 aromatic heterocycles. The van der Waals surface area contributed by atoms with Gasteiger partial charge in [-0.05, 0) is 74.2 Å². The summed E-state index contributed by atoms with van der Waals surface area (Å²) in [5.74, 6) is 1.50. The van der Waals surface area contributed by atoms with E-state index in [2.05, 4.69) is 29.3 Å². The van der Waals surface area contributed by atoms with Crippen LogP contribution < -0.4 is 10.1 Å². The first-order chi connectivity index (χ1) is 12.6. The van der Waals surface area contributed by atoms with Gasteiger partial charge in [0.05, 0.1) is 6.61 Å². The van der Waals surface area contributed by atoms with Gasteiger partial charge in [0, 0.05) is 24.3 Å². The van der Waals surface area contributed by atoms with Gasteiger partial charge in [-0.2, -0.15) is 0 Å². The number of nitrogens with zero attached hydrogens (tertiary/aromatic N) is 1. The highest BCUT2D eigenvalue weighted by Crippen LogP contribution is 2.19. The van der Waals surface area contributed by atoms with E-state index in [9.17, 15) is 4.79 Å². The zero-order valence-corrected chi connectivity index (χ0v) is 15.7. The van der Waals surface area contributed by atoms with Gasteiger partial charge in [-0.3, -0.25) is 9.69 Å². The molecule has 1 aliphatic rings. The maximum Gasteiger partial charge on any atom is 0.255 e. The molecule has 1 aliphatic heterocycles. The molecule has 0 radical (unpaired) electrons. The summed E-state index contributed by atoms with van der Waals surface area (Å²) in [6, 6.07) is 15.4. The fraction of sp³-hybridized carbons (Fsp3) is 0.409. The van der Waals surface area contributed by atoms with Crippen LogP contribution >= 0.6 is 0 Å². The molecule has 2 aromatic carbocycles. The third-order valence-corrected chi connectivity index (χ3v) is 4.79. The predicted molar refractivity (Wildman–Crippen MR) is 106 cm³/mol. The SMILES string of the molecule is CCOc1ccc(NC(=O)c2ccc(CN3CCC[C@H](C)C3)cc2)cc1. The average Bonchev–Trinajstić information content (AvgIpc) is 2.64. The monoisotopic (exact) mass is 352 g/mol. The quantitative estimate of drug-likeness (QED) is 0.828. The van der Waals surface area contributed by atoms with E-state index < -0.39 is 0 Å². The van der Waals surface area contributed by atoms with E-state index in [4.69, 9.17) is 4.74 Å². The topological polar surface area (TPSA) is 41.6 Å². The molecular weight excluding hydrogens is 324 g/mol. The summed E-state index contributed by atoms with van der Waals surface area (Å²) in [6.45, 7) is 8.20. The summed E-state index contributed by atoms with van der Waals surface area (Å²) < 4.78 is 5.42. The zero-order valence-electron chi connectivity index (χ0n) is 15.7. The molecule has 1 fully saturated rings. The third-order valence-electron chi connectivity index (χ3n) is 4.79. The third kappa shape index (κ3) is 5.09. The number of likely N-dealkylation sites (tertiary alicyclic amines) is 1. The summed E-state index contributed by atoms with van der Waals surface area (Å²) in [6.07, 6.45) is 2.62. The number of ether oxygens (including phenoxy) is 1. The molecule has 0 aliphatic carbocycles. The van der Waals surface area contributed by atoms with E-state index in [1.165, 1.54) is 31.5 Å². The second-order valence-electron chi connectivity index (χ2n) is 7.09. The fourth-order valence-electron chi connectivity index (χ4n) is 3.45. The molecule has 4 nitrogen and oxygen atoms in total. The number of piperidine rings is 1. The highest BCUT2D eigenvalue weighted by Gasteiger charge is 2.16. The predicted octanol–water partition coefficient (Wildman–Crippen LogP) is 4.57. The molecule has 1 amide bonds. The van der Waals surface area contributed by atoms with Crippen molar-refractivity contribution in [2.24, 2.45) is 5.92 Å². The maximum atomic E-state index is 12.4. The van der Waals surface area contributed by atoms with Gasteiger partial charge in [0.15, 0.2) is 0 Å². The molecule has 26 heavy (non-hydrogen) atoms. The summed E-state index contributed by atoms with van der Waals surface area (Å²) in [5.41, 5.74) is 2.70. The lowest BCUT2D eigenvalue weighted by Gasteiger charge is -2.30. The fourth-order valence-corrected chi connectivity index (χ4v) is 3.45. The van der Waals surface area contributed by atoms with Gasteiger partial charge < -0.3 is 10.1 Å². The van der Waals surface area contributed by atoms with E-state index >= 15 is 0 Å². The van der Waals surface area contributed by atoms with E-state index in [0.717, 1.165) is 23.9 Å². The van der Waals surface area contributed by atoms with Crippen LogP contribution in [-0.4, -0.2) is 30.5 Å². The van der Waals surface area contributed by atoms with Crippen LogP contribution in [0.25, 0.3) is 0 Å². The minimum Gasteiger partial charge on any atom is -0.494 e. The first-order valence-corrected chi connectivity index (χ1v) is 9.49. The Morgan fingerprint density at radius 2 is 1.88 bits per heavy atom. The summed E-state index contributed by atoms with van der Waals surface area (Å²) >= 11 is 0. The Morgan fingerprint density at radius 3 is 2.54 bits per heavy atom. The second-order valence-corrected chi connectivity index (χ2v) is 7.09. The molecule has 0 spiro atoms. The lowest BCUT2D eigenvalue weighted by molar-refractivity contribution is 0.102. The number of amides is 1. The van der Waals surface area contributed by atoms with Crippen LogP contribution in [-0.2, 0) is 6.54 Å². The van der Waals surface area contributed by atoms with E-state index in [1.807, 2.05) is 43.3 Å². The first-order valence-electron chi connectivity index (χ1n) is 9.49. The minimum atomic E-state index is -0.0905. The molecule has 3 rings (SSSR count). The van der Waals surface area contributed by atoms with E-state index in [1.54, 1.807) is 0 Å². The highest BCUT2D eigenvalue weighted by molar-refractivity contribution is 6.04. The molecule has 1 saturated heterocycles. The molecule has 0 bridgehead atoms. The van der Waals surface area contributed by atoms with Crippen LogP contribution in [0.5, 0.6) is 5.75 Å². The molecule has 2 aromatic rings. The Labute approximate surface area is 156 Å². The van der Waals surface area contributed by atoms with Gasteiger partial charge in [-0.1, -0.05) is 19.1 Å². The van der Waals surface area contributed by atoms with Crippen molar-refractivity contribution in [3.63, 3.8) is 0 Å². The standard InChI is InChI=1S/C22H28N2O2/c1-3-26-21-12-10-20(11-13-21)23-22(25)19-8-6-18(7-9-19)16-24-14-4-5-17(2)15-24/h6-13,17H,3-5,14-16H2,1-2H3,(H,23,25)/t17-/m0/s1. The van der Waals surface area contributed by atoms with Crippen LogP contribution in [0.2, 0.25) is 0 Å². The molecule has 1 N–H and O–H groups in total. The van der Waals surface area contributed by atoms with Gasteiger partial charge in [0.1, 0.15) is 5.75 Å². The second kappa shape index (κ2) is 8.86. The molecular formula is C22H28N2O2. The lowest BCUT2D eigenvalue weighted by Crippen LogP contribution is -2.33. The molecule has 1 heterocycles. The molecule has 138 valence electrons. The molecule has 1 atom stereocenters. The number of hydrogen-bond acceptors (Lipinski definition) is 3. The number of anilines is 1. The molecule has 0 saturated carbocycles. The maximum absolute atomic E-state index is 12.4. The van der Waals surface area contributed by atoms with Crippen LogP contribution in [0.3, 0.4) is 0 Å². The normalized spacial score (nSPS) is 17.7.